The van der Waals surface area contributed by atoms with Crippen LogP contribution < -0.4 is 0 Å². The van der Waals surface area contributed by atoms with Crippen LogP contribution in [0.25, 0.3) is 11.5 Å². The predicted molar refractivity (Wildman–Crippen MR) is 83.3 cm³/mol. The predicted octanol–water partition coefficient (Wildman–Crippen LogP) is 3.20. The van der Waals surface area contributed by atoms with E-state index in [1.807, 2.05) is 48.9 Å². The Labute approximate surface area is 130 Å². The number of aromatic nitrogens is 4. The van der Waals surface area contributed by atoms with Gasteiger partial charge in [-0.2, -0.15) is 5.10 Å². The van der Waals surface area contributed by atoms with Crippen LogP contribution in [0.4, 0.5) is 0 Å². The zero-order valence-electron chi connectivity index (χ0n) is 11.2. The summed E-state index contributed by atoms with van der Waals surface area (Å²) in [5.41, 5.74) is 2.99. The second-order valence-corrected chi connectivity index (χ2v) is 5.84. The van der Waals surface area contributed by atoms with Gasteiger partial charge in [0, 0.05) is 14.8 Å². The summed E-state index contributed by atoms with van der Waals surface area (Å²) in [5.74, 6) is 1.10. The van der Waals surface area contributed by atoms with Crippen LogP contribution in [-0.2, 0) is 6.54 Å². The lowest BCUT2D eigenvalue weighted by molar-refractivity contribution is 0.469. The summed E-state index contributed by atoms with van der Waals surface area (Å²) in [6, 6.07) is 10.0. The molecule has 0 aliphatic carbocycles. The first-order valence-corrected chi connectivity index (χ1v) is 7.29. The van der Waals surface area contributed by atoms with E-state index in [4.69, 9.17) is 4.42 Å². The highest BCUT2D eigenvalue weighted by Gasteiger charge is 2.10. The molecule has 2 heterocycles. The Morgan fingerprint density at radius 1 is 1.15 bits per heavy atom. The lowest BCUT2D eigenvalue weighted by atomic mass is 10.2. The highest BCUT2D eigenvalue weighted by atomic mass is 127. The maximum atomic E-state index is 5.69. The van der Waals surface area contributed by atoms with E-state index in [0.29, 0.717) is 18.3 Å². The molecule has 1 aromatic carbocycles. The van der Waals surface area contributed by atoms with Crippen LogP contribution in [0.3, 0.4) is 0 Å². The molecule has 0 radical (unpaired) electrons. The van der Waals surface area contributed by atoms with Crippen molar-refractivity contribution in [2.45, 2.75) is 20.4 Å². The maximum Gasteiger partial charge on any atom is 0.247 e. The molecule has 102 valence electrons. The number of nitrogens with zero attached hydrogens (tertiary/aromatic N) is 4. The fraction of sp³-hybridized carbons (Fsp3) is 0.214. The molecule has 5 nitrogen and oxygen atoms in total. The van der Waals surface area contributed by atoms with Crippen LogP contribution in [-0.4, -0.2) is 20.0 Å². The normalized spacial score (nSPS) is 10.9. The zero-order chi connectivity index (χ0) is 14.1. The molecule has 0 spiro atoms. The first kappa shape index (κ1) is 13.3. The highest BCUT2D eigenvalue weighted by molar-refractivity contribution is 14.1. The lowest BCUT2D eigenvalue weighted by Crippen LogP contribution is -2.04. The fourth-order valence-electron chi connectivity index (χ4n) is 1.99. The molecule has 6 heteroatoms. The first-order chi connectivity index (χ1) is 9.61. The van der Waals surface area contributed by atoms with Gasteiger partial charge in [0.05, 0.1) is 5.69 Å². The van der Waals surface area contributed by atoms with E-state index in [-0.39, 0.29) is 0 Å². The van der Waals surface area contributed by atoms with Crippen LogP contribution in [0, 0.1) is 17.4 Å². The van der Waals surface area contributed by atoms with Gasteiger partial charge in [-0.05, 0) is 66.8 Å². The summed E-state index contributed by atoms with van der Waals surface area (Å²) >= 11 is 2.26. The largest absolute Gasteiger partial charge is 0.419 e. The molecule has 0 amide bonds. The Balaban J connectivity index is 1.83. The second kappa shape index (κ2) is 5.35. The minimum Gasteiger partial charge on any atom is -0.419 e. The number of hydrogen-bond donors (Lipinski definition) is 0. The van der Waals surface area contributed by atoms with Crippen LogP contribution in [0.15, 0.2) is 34.7 Å². The summed E-state index contributed by atoms with van der Waals surface area (Å²) in [4.78, 5) is 0. The van der Waals surface area contributed by atoms with Gasteiger partial charge in [-0.25, -0.2) is 0 Å². The summed E-state index contributed by atoms with van der Waals surface area (Å²) < 4.78 is 8.73. The monoisotopic (exact) mass is 380 g/mol. The summed E-state index contributed by atoms with van der Waals surface area (Å²) in [6.07, 6.45) is 0. The van der Waals surface area contributed by atoms with E-state index in [1.165, 1.54) is 3.57 Å². The van der Waals surface area contributed by atoms with Crippen molar-refractivity contribution in [1.29, 1.82) is 0 Å². The standard InChI is InChI=1S/C14H13IN4O/c1-9-7-10(2)19(18-9)8-13-16-17-14(20-13)11-3-5-12(15)6-4-11/h3-7H,8H2,1-2H3. The Morgan fingerprint density at radius 2 is 1.90 bits per heavy atom. The topological polar surface area (TPSA) is 56.7 Å². The van der Waals surface area contributed by atoms with E-state index in [9.17, 15) is 0 Å². The minimum atomic E-state index is 0.497. The fourth-order valence-corrected chi connectivity index (χ4v) is 2.35. The van der Waals surface area contributed by atoms with E-state index < -0.39 is 0 Å². The van der Waals surface area contributed by atoms with Crippen molar-refractivity contribution in [2.24, 2.45) is 0 Å². The van der Waals surface area contributed by atoms with Crippen molar-refractivity contribution in [3.8, 4) is 11.5 Å². The molecule has 0 atom stereocenters. The molecule has 0 saturated heterocycles. The molecule has 0 aliphatic rings. The molecule has 0 aliphatic heterocycles. The Bertz CT molecular complexity index is 730. The average molecular weight is 380 g/mol. The van der Waals surface area contributed by atoms with Crippen molar-refractivity contribution in [1.82, 2.24) is 20.0 Å². The van der Waals surface area contributed by atoms with Gasteiger partial charge >= 0.3 is 0 Å². The third-order valence-electron chi connectivity index (χ3n) is 2.95. The molecule has 0 bridgehead atoms. The molecular weight excluding hydrogens is 367 g/mol. The minimum absolute atomic E-state index is 0.497. The summed E-state index contributed by atoms with van der Waals surface area (Å²) in [6.45, 7) is 4.47. The Morgan fingerprint density at radius 3 is 2.55 bits per heavy atom. The maximum absolute atomic E-state index is 5.69. The quantitative estimate of drug-likeness (QED) is 0.655. The first-order valence-electron chi connectivity index (χ1n) is 6.21. The average Bonchev–Trinajstić information content (AvgIpc) is 2.98. The van der Waals surface area contributed by atoms with Gasteiger partial charge in [0.15, 0.2) is 0 Å². The van der Waals surface area contributed by atoms with Gasteiger partial charge in [0.25, 0.3) is 0 Å². The molecule has 0 unspecified atom stereocenters. The van der Waals surface area contributed by atoms with Crippen molar-refractivity contribution >= 4 is 22.6 Å². The van der Waals surface area contributed by atoms with E-state index in [0.717, 1.165) is 17.0 Å². The number of benzene rings is 1. The smallest absolute Gasteiger partial charge is 0.247 e. The van der Waals surface area contributed by atoms with Crippen molar-refractivity contribution in [3.05, 3.63) is 51.2 Å². The molecular formula is C14H13IN4O. The van der Waals surface area contributed by atoms with Crippen molar-refractivity contribution in [2.75, 3.05) is 0 Å². The van der Waals surface area contributed by atoms with Gasteiger partial charge in [-0.1, -0.05) is 0 Å². The third kappa shape index (κ3) is 2.74. The van der Waals surface area contributed by atoms with Crippen LogP contribution in [0.5, 0.6) is 0 Å². The molecule has 3 aromatic rings. The van der Waals surface area contributed by atoms with Gasteiger partial charge in [-0.3, -0.25) is 4.68 Å². The Hall–Kier alpha value is -1.70. The van der Waals surface area contributed by atoms with Crippen molar-refractivity contribution < 1.29 is 4.42 Å². The number of hydrogen-bond acceptors (Lipinski definition) is 4. The van der Waals surface area contributed by atoms with E-state index in [2.05, 4.69) is 37.9 Å². The summed E-state index contributed by atoms with van der Waals surface area (Å²) in [7, 11) is 0. The van der Waals surface area contributed by atoms with E-state index in [1.54, 1.807) is 0 Å². The number of halogens is 1. The molecule has 0 N–H and O–H groups in total. The molecule has 20 heavy (non-hydrogen) atoms. The van der Waals surface area contributed by atoms with Crippen molar-refractivity contribution in [3.63, 3.8) is 0 Å². The molecule has 0 fully saturated rings. The second-order valence-electron chi connectivity index (χ2n) is 4.59. The molecule has 3 rings (SSSR count). The molecule has 0 saturated carbocycles. The third-order valence-corrected chi connectivity index (χ3v) is 3.67. The number of aryl methyl sites for hydroxylation is 2. The van der Waals surface area contributed by atoms with Gasteiger partial charge in [-0.15, -0.1) is 10.2 Å². The van der Waals surface area contributed by atoms with Gasteiger partial charge in [0.1, 0.15) is 6.54 Å². The number of rotatable bonds is 3. The van der Waals surface area contributed by atoms with Crippen LogP contribution in [0.2, 0.25) is 0 Å². The van der Waals surface area contributed by atoms with Gasteiger partial charge < -0.3 is 4.42 Å². The van der Waals surface area contributed by atoms with Gasteiger partial charge in [0.2, 0.25) is 11.8 Å². The molecule has 2 aromatic heterocycles. The summed E-state index contributed by atoms with van der Waals surface area (Å²) in [5, 5.41) is 12.6. The lowest BCUT2D eigenvalue weighted by Gasteiger charge is -1.99. The zero-order valence-corrected chi connectivity index (χ0v) is 13.3. The Kier molecular flexibility index (Phi) is 3.56. The van der Waals surface area contributed by atoms with E-state index >= 15 is 0 Å². The highest BCUT2D eigenvalue weighted by Crippen LogP contribution is 2.19. The SMILES string of the molecule is Cc1cc(C)n(Cc2nnc(-c3ccc(I)cc3)o2)n1. The van der Waals surface area contributed by atoms with Crippen LogP contribution in [0.1, 0.15) is 17.3 Å². The van der Waals surface area contributed by atoms with Crippen LogP contribution >= 0.6 is 22.6 Å².